The van der Waals surface area contributed by atoms with Gasteiger partial charge in [-0.25, -0.2) is 9.59 Å². The van der Waals surface area contributed by atoms with Gasteiger partial charge in [0, 0.05) is 13.1 Å². The summed E-state index contributed by atoms with van der Waals surface area (Å²) in [5, 5.41) is 11.7. The van der Waals surface area contributed by atoms with Crippen LogP contribution >= 0.6 is 0 Å². The molecule has 1 fully saturated rings. The van der Waals surface area contributed by atoms with Gasteiger partial charge in [-0.1, -0.05) is 13.8 Å². The van der Waals surface area contributed by atoms with Gasteiger partial charge in [0.1, 0.15) is 6.04 Å². The van der Waals surface area contributed by atoms with Crippen LogP contribution in [0.4, 0.5) is 4.79 Å². The third kappa shape index (κ3) is 4.20. The summed E-state index contributed by atoms with van der Waals surface area (Å²) in [6.45, 7) is 5.90. The Balaban J connectivity index is 2.51. The lowest BCUT2D eigenvalue weighted by Crippen LogP contribution is -2.50. The summed E-state index contributed by atoms with van der Waals surface area (Å²) in [5.41, 5.74) is 0. The average Bonchev–Trinajstić information content (AvgIpc) is 3.08. The molecule has 5 heteroatoms. The predicted molar refractivity (Wildman–Crippen MR) is 69.4 cm³/mol. The van der Waals surface area contributed by atoms with E-state index in [1.807, 2.05) is 20.8 Å². The minimum atomic E-state index is -0.968. The summed E-state index contributed by atoms with van der Waals surface area (Å²) in [5.74, 6) is -0.156. The first-order chi connectivity index (χ1) is 8.32. The first-order valence-corrected chi connectivity index (χ1v) is 6.59. The summed E-state index contributed by atoms with van der Waals surface area (Å²) >= 11 is 0. The fourth-order valence-electron chi connectivity index (χ4n) is 2.02. The van der Waals surface area contributed by atoms with Gasteiger partial charge < -0.3 is 15.3 Å². The lowest BCUT2D eigenvalue weighted by molar-refractivity contribution is -0.139. The highest BCUT2D eigenvalue weighted by molar-refractivity contribution is 5.82. The van der Waals surface area contributed by atoms with Crippen LogP contribution in [0.3, 0.4) is 0 Å². The highest BCUT2D eigenvalue weighted by Gasteiger charge is 2.33. The van der Waals surface area contributed by atoms with E-state index in [0.29, 0.717) is 12.3 Å². The summed E-state index contributed by atoms with van der Waals surface area (Å²) in [7, 11) is 1.73. The average molecular weight is 256 g/mol. The topological polar surface area (TPSA) is 69.6 Å². The number of aliphatic carboxylic acids is 1. The number of carboxylic acids is 1. The van der Waals surface area contributed by atoms with E-state index in [1.165, 1.54) is 0 Å². The van der Waals surface area contributed by atoms with Crippen LogP contribution in [0.1, 0.15) is 40.0 Å². The van der Waals surface area contributed by atoms with Gasteiger partial charge in [-0.2, -0.15) is 0 Å². The first kappa shape index (κ1) is 14.8. The van der Waals surface area contributed by atoms with Crippen LogP contribution in [0.2, 0.25) is 0 Å². The van der Waals surface area contributed by atoms with E-state index >= 15 is 0 Å². The molecular formula is C13H24N2O3. The molecule has 0 heterocycles. The molecule has 1 saturated carbocycles. The van der Waals surface area contributed by atoms with E-state index in [2.05, 4.69) is 5.32 Å². The zero-order chi connectivity index (χ0) is 13.9. The Morgan fingerprint density at radius 3 is 2.28 bits per heavy atom. The zero-order valence-electron chi connectivity index (χ0n) is 11.6. The van der Waals surface area contributed by atoms with Gasteiger partial charge in [0.05, 0.1) is 0 Å². The lowest BCUT2D eigenvalue weighted by Gasteiger charge is -2.27. The molecule has 0 aromatic rings. The third-order valence-electron chi connectivity index (χ3n) is 3.54. The number of urea groups is 1. The Kier molecular flexibility index (Phi) is 4.99. The number of carbonyl (C=O) groups excluding carboxylic acids is 1. The largest absolute Gasteiger partial charge is 0.480 e. The Labute approximate surface area is 109 Å². The van der Waals surface area contributed by atoms with Gasteiger partial charge in [-0.15, -0.1) is 0 Å². The number of carboxylic acid groups (broad SMARTS) is 1. The molecule has 0 aromatic carbocycles. The van der Waals surface area contributed by atoms with E-state index in [9.17, 15) is 9.59 Å². The van der Waals surface area contributed by atoms with Crippen molar-refractivity contribution in [1.82, 2.24) is 10.2 Å². The van der Waals surface area contributed by atoms with Crippen LogP contribution in [0.5, 0.6) is 0 Å². The van der Waals surface area contributed by atoms with Crippen molar-refractivity contribution in [3.63, 3.8) is 0 Å². The molecule has 0 bridgehead atoms. The van der Waals surface area contributed by atoms with Crippen molar-refractivity contribution in [3.8, 4) is 0 Å². The van der Waals surface area contributed by atoms with Gasteiger partial charge in [-0.05, 0) is 38.0 Å². The second kappa shape index (κ2) is 6.07. The quantitative estimate of drug-likeness (QED) is 0.763. The molecule has 2 N–H and O–H groups in total. The van der Waals surface area contributed by atoms with E-state index in [4.69, 9.17) is 5.11 Å². The minimum absolute atomic E-state index is 0.179. The molecule has 1 aliphatic carbocycles. The fraction of sp³-hybridized carbons (Fsp3) is 0.846. The van der Waals surface area contributed by atoms with Crippen LogP contribution in [-0.2, 0) is 4.79 Å². The van der Waals surface area contributed by atoms with E-state index in [0.717, 1.165) is 12.8 Å². The smallest absolute Gasteiger partial charge is 0.326 e. The molecule has 2 atom stereocenters. The molecular weight excluding hydrogens is 232 g/mol. The number of amides is 2. The maximum absolute atomic E-state index is 12.0. The van der Waals surface area contributed by atoms with Crippen LogP contribution in [0.15, 0.2) is 0 Å². The molecule has 0 aromatic heterocycles. The molecule has 5 nitrogen and oxygen atoms in total. The molecule has 0 aliphatic heterocycles. The lowest BCUT2D eigenvalue weighted by atomic mass is 10.0. The van der Waals surface area contributed by atoms with E-state index < -0.39 is 12.0 Å². The van der Waals surface area contributed by atoms with E-state index in [-0.39, 0.29) is 18.0 Å². The Morgan fingerprint density at radius 2 is 1.89 bits per heavy atom. The first-order valence-electron chi connectivity index (χ1n) is 6.59. The summed E-state index contributed by atoms with van der Waals surface area (Å²) < 4.78 is 0. The third-order valence-corrected chi connectivity index (χ3v) is 3.54. The van der Waals surface area contributed by atoms with Gasteiger partial charge in [-0.3, -0.25) is 0 Å². The van der Waals surface area contributed by atoms with Gasteiger partial charge in [0.2, 0.25) is 0 Å². The van der Waals surface area contributed by atoms with Crippen molar-refractivity contribution in [2.24, 2.45) is 11.8 Å². The van der Waals surface area contributed by atoms with Gasteiger partial charge in [0.15, 0.2) is 0 Å². The molecule has 1 rings (SSSR count). The summed E-state index contributed by atoms with van der Waals surface area (Å²) in [4.78, 5) is 24.7. The van der Waals surface area contributed by atoms with Gasteiger partial charge >= 0.3 is 12.0 Å². The molecule has 1 unspecified atom stereocenters. The van der Waals surface area contributed by atoms with Crippen molar-refractivity contribution in [1.29, 1.82) is 0 Å². The number of nitrogens with one attached hydrogen (secondary N) is 1. The van der Waals surface area contributed by atoms with Crippen molar-refractivity contribution < 1.29 is 14.7 Å². The number of carbonyl (C=O) groups is 2. The highest BCUT2D eigenvalue weighted by atomic mass is 16.4. The number of hydrogen-bond acceptors (Lipinski definition) is 2. The van der Waals surface area contributed by atoms with Crippen molar-refractivity contribution >= 4 is 12.0 Å². The molecule has 1 aliphatic rings. The minimum Gasteiger partial charge on any atom is -0.480 e. The van der Waals surface area contributed by atoms with E-state index in [1.54, 1.807) is 11.9 Å². The maximum atomic E-state index is 12.0. The van der Waals surface area contributed by atoms with Crippen molar-refractivity contribution in [3.05, 3.63) is 0 Å². The van der Waals surface area contributed by atoms with Gasteiger partial charge in [0.25, 0.3) is 0 Å². The standard InChI is InChI=1S/C13H24N2O3/c1-8(2)7-11(12(16)17)14-13(18)15(4)9(3)10-5-6-10/h8-11H,5-7H2,1-4H3,(H,14,18)(H,16,17)/t9?,11-/m0/s1. The normalized spacial score (nSPS) is 18.3. The molecule has 0 radical (unpaired) electrons. The molecule has 0 saturated heterocycles. The SMILES string of the molecule is CC(C)C[C@H](NC(=O)N(C)C(C)C1CC1)C(=O)O. The van der Waals surface area contributed by atoms with Crippen molar-refractivity contribution in [2.75, 3.05) is 7.05 Å². The monoisotopic (exact) mass is 256 g/mol. The van der Waals surface area contributed by atoms with Crippen LogP contribution < -0.4 is 5.32 Å². The molecule has 0 spiro atoms. The second-order valence-corrected chi connectivity index (χ2v) is 5.66. The van der Waals surface area contributed by atoms with Crippen LogP contribution in [-0.4, -0.2) is 41.1 Å². The number of rotatable bonds is 6. The maximum Gasteiger partial charge on any atom is 0.326 e. The van der Waals surface area contributed by atoms with Crippen molar-refractivity contribution in [2.45, 2.75) is 52.1 Å². The highest BCUT2D eigenvalue weighted by Crippen LogP contribution is 2.34. The number of nitrogens with zero attached hydrogens (tertiary/aromatic N) is 1. The molecule has 104 valence electrons. The summed E-state index contributed by atoms with van der Waals surface area (Å²) in [6.07, 6.45) is 2.77. The molecule has 2 amide bonds. The fourth-order valence-corrected chi connectivity index (χ4v) is 2.02. The predicted octanol–water partition coefficient (Wildman–Crippen LogP) is 1.93. The Morgan fingerprint density at radius 1 is 1.33 bits per heavy atom. The Hall–Kier alpha value is -1.26. The zero-order valence-corrected chi connectivity index (χ0v) is 11.6. The van der Waals surface area contributed by atoms with Crippen LogP contribution in [0, 0.1) is 11.8 Å². The second-order valence-electron chi connectivity index (χ2n) is 5.66. The Bertz CT molecular complexity index is 313. The van der Waals surface area contributed by atoms with Crippen LogP contribution in [0.25, 0.3) is 0 Å². The summed E-state index contributed by atoms with van der Waals surface area (Å²) in [6, 6.07) is -0.910. The molecule has 18 heavy (non-hydrogen) atoms. The number of hydrogen-bond donors (Lipinski definition) is 2.